The van der Waals surface area contributed by atoms with Gasteiger partial charge in [0, 0.05) is 23.3 Å². The minimum absolute atomic E-state index is 0.144. The second kappa shape index (κ2) is 7.47. The Balaban J connectivity index is 1.51. The molecule has 3 rings (SSSR count). The highest BCUT2D eigenvalue weighted by Crippen LogP contribution is 2.27. The first-order valence-corrected chi connectivity index (χ1v) is 9.31. The van der Waals surface area contributed by atoms with Gasteiger partial charge < -0.3 is 9.72 Å². The van der Waals surface area contributed by atoms with Crippen molar-refractivity contribution in [3.05, 3.63) is 34.2 Å². The van der Waals surface area contributed by atoms with Crippen LogP contribution in [0.2, 0.25) is 0 Å². The minimum Gasteiger partial charge on any atom is -0.350 e. The molecule has 0 saturated heterocycles. The summed E-state index contributed by atoms with van der Waals surface area (Å²) >= 11 is 3.49. The Hall–Kier alpha value is -1.36. The quantitative estimate of drug-likeness (QED) is 0.839. The zero-order chi connectivity index (χ0) is 16.2. The molecule has 0 radical (unpaired) electrons. The molecule has 1 N–H and O–H groups in total. The highest BCUT2D eigenvalue weighted by molar-refractivity contribution is 9.10. The predicted octanol–water partition coefficient (Wildman–Crippen LogP) is 4.38. The van der Waals surface area contributed by atoms with Gasteiger partial charge in [0.15, 0.2) is 0 Å². The Morgan fingerprint density at radius 2 is 2.13 bits per heavy atom. The van der Waals surface area contributed by atoms with Crippen LogP contribution in [0.5, 0.6) is 0 Å². The van der Waals surface area contributed by atoms with E-state index in [1.54, 1.807) is 0 Å². The van der Waals surface area contributed by atoms with E-state index in [1.807, 2.05) is 23.7 Å². The van der Waals surface area contributed by atoms with Crippen molar-refractivity contribution in [1.29, 1.82) is 0 Å². The summed E-state index contributed by atoms with van der Waals surface area (Å²) in [6.45, 7) is 2.54. The van der Waals surface area contributed by atoms with E-state index >= 15 is 0 Å². The molecule has 1 fully saturated rings. The van der Waals surface area contributed by atoms with Crippen LogP contribution in [0.25, 0.3) is 5.65 Å². The molecule has 0 atom stereocenters. The normalized spacial score (nSPS) is 15.9. The highest BCUT2D eigenvalue weighted by Gasteiger charge is 2.15. The summed E-state index contributed by atoms with van der Waals surface area (Å²) in [6, 6.07) is 2.05. The van der Waals surface area contributed by atoms with E-state index in [4.69, 9.17) is 0 Å². The summed E-state index contributed by atoms with van der Waals surface area (Å²) < 4.78 is 3.03. The second-order valence-electron chi connectivity index (χ2n) is 6.62. The average Bonchev–Trinajstić information content (AvgIpc) is 2.95. The number of imidazole rings is 1. The molecule has 5 heteroatoms. The Bertz CT molecular complexity index is 689. The number of carbonyl (C=O) groups is 1. The van der Waals surface area contributed by atoms with Crippen molar-refractivity contribution in [2.75, 3.05) is 0 Å². The largest absolute Gasteiger partial charge is 0.350 e. The maximum absolute atomic E-state index is 12.0. The van der Waals surface area contributed by atoms with Crippen molar-refractivity contribution in [3.63, 3.8) is 0 Å². The molecule has 0 bridgehead atoms. The molecule has 124 valence electrons. The highest BCUT2D eigenvalue weighted by atomic mass is 79.9. The number of hydrogen-bond donors (Lipinski definition) is 1. The molecule has 0 unspecified atom stereocenters. The molecular formula is C18H24BrN3O. The van der Waals surface area contributed by atoms with Crippen molar-refractivity contribution >= 4 is 27.5 Å². The van der Waals surface area contributed by atoms with E-state index < -0.39 is 0 Å². The molecule has 0 aromatic carbocycles. The average molecular weight is 378 g/mol. The lowest BCUT2D eigenvalue weighted by Crippen LogP contribution is -2.23. The summed E-state index contributed by atoms with van der Waals surface area (Å²) in [5.74, 6) is 0.898. The van der Waals surface area contributed by atoms with Crippen LogP contribution in [-0.4, -0.2) is 15.3 Å². The van der Waals surface area contributed by atoms with Gasteiger partial charge in [0.25, 0.3) is 0 Å². The number of aromatic nitrogens is 2. The van der Waals surface area contributed by atoms with Crippen molar-refractivity contribution in [2.24, 2.45) is 5.92 Å². The number of nitrogens with zero attached hydrogens (tertiary/aromatic N) is 2. The van der Waals surface area contributed by atoms with Crippen molar-refractivity contribution < 1.29 is 4.79 Å². The van der Waals surface area contributed by atoms with Gasteiger partial charge in [0.05, 0.1) is 12.2 Å². The SMILES string of the molecule is Cc1cc(Br)cn2cc(CNC(=O)CCC3CCCCC3)nc12. The fourth-order valence-corrected chi connectivity index (χ4v) is 4.01. The number of hydrogen-bond acceptors (Lipinski definition) is 2. The molecule has 1 aliphatic rings. The first-order chi connectivity index (χ1) is 11.1. The fraction of sp³-hybridized carbons (Fsp3) is 0.556. The second-order valence-corrected chi connectivity index (χ2v) is 7.54. The molecule has 1 aliphatic carbocycles. The van der Waals surface area contributed by atoms with Crippen LogP contribution in [0.4, 0.5) is 0 Å². The Kier molecular flexibility index (Phi) is 5.36. The lowest BCUT2D eigenvalue weighted by atomic mass is 9.86. The number of fused-ring (bicyclic) bond motifs is 1. The fourth-order valence-electron chi connectivity index (χ4n) is 3.45. The molecule has 4 nitrogen and oxygen atoms in total. The molecular weight excluding hydrogens is 354 g/mol. The summed E-state index contributed by atoms with van der Waals surface area (Å²) in [4.78, 5) is 16.6. The Labute approximate surface area is 145 Å². The van der Waals surface area contributed by atoms with Gasteiger partial charge in [-0.2, -0.15) is 0 Å². The van der Waals surface area contributed by atoms with Crippen molar-refractivity contribution in [3.8, 4) is 0 Å². The van der Waals surface area contributed by atoms with Gasteiger partial charge in [-0.25, -0.2) is 4.98 Å². The van der Waals surface area contributed by atoms with Gasteiger partial charge in [-0.3, -0.25) is 4.79 Å². The van der Waals surface area contributed by atoms with E-state index in [1.165, 1.54) is 32.1 Å². The van der Waals surface area contributed by atoms with Gasteiger partial charge in [-0.15, -0.1) is 0 Å². The predicted molar refractivity (Wildman–Crippen MR) is 95.3 cm³/mol. The summed E-state index contributed by atoms with van der Waals surface area (Å²) in [7, 11) is 0. The van der Waals surface area contributed by atoms with Crippen LogP contribution in [-0.2, 0) is 11.3 Å². The first kappa shape index (κ1) is 16.5. The molecule has 1 saturated carbocycles. The monoisotopic (exact) mass is 377 g/mol. The summed E-state index contributed by atoms with van der Waals surface area (Å²) in [5, 5.41) is 3.01. The van der Waals surface area contributed by atoms with Crippen molar-refractivity contribution in [1.82, 2.24) is 14.7 Å². The van der Waals surface area contributed by atoms with Gasteiger partial charge in [0.1, 0.15) is 5.65 Å². The molecule has 2 aromatic rings. The third-order valence-corrected chi connectivity index (χ3v) is 5.16. The molecule has 0 spiro atoms. The zero-order valence-electron chi connectivity index (χ0n) is 13.6. The molecule has 2 heterocycles. The number of aryl methyl sites for hydroxylation is 1. The van der Waals surface area contributed by atoms with Crippen LogP contribution in [0.1, 0.15) is 56.2 Å². The van der Waals surface area contributed by atoms with Crippen LogP contribution in [0, 0.1) is 12.8 Å². The van der Waals surface area contributed by atoms with Gasteiger partial charge in [-0.05, 0) is 46.8 Å². The third-order valence-electron chi connectivity index (χ3n) is 4.72. The molecule has 2 aromatic heterocycles. The first-order valence-electron chi connectivity index (χ1n) is 8.52. The topological polar surface area (TPSA) is 46.4 Å². The van der Waals surface area contributed by atoms with Gasteiger partial charge in [-0.1, -0.05) is 32.1 Å². The number of amides is 1. The minimum atomic E-state index is 0.144. The van der Waals surface area contributed by atoms with E-state index in [9.17, 15) is 4.79 Å². The number of nitrogens with one attached hydrogen (secondary N) is 1. The smallest absolute Gasteiger partial charge is 0.220 e. The van der Waals surface area contributed by atoms with E-state index in [2.05, 4.69) is 32.3 Å². The van der Waals surface area contributed by atoms with Crippen molar-refractivity contribution in [2.45, 2.75) is 58.4 Å². The van der Waals surface area contributed by atoms with Crippen LogP contribution >= 0.6 is 15.9 Å². The van der Waals surface area contributed by atoms with E-state index in [0.29, 0.717) is 13.0 Å². The lowest BCUT2D eigenvalue weighted by molar-refractivity contribution is -0.121. The molecule has 23 heavy (non-hydrogen) atoms. The van der Waals surface area contributed by atoms with Gasteiger partial charge in [0.2, 0.25) is 5.91 Å². The van der Waals surface area contributed by atoms with Gasteiger partial charge >= 0.3 is 0 Å². The summed E-state index contributed by atoms with van der Waals surface area (Å²) in [6.07, 6.45) is 12.3. The number of pyridine rings is 1. The standard InChI is InChI=1S/C18H24BrN3O/c1-13-9-15(19)11-22-12-16(21-18(13)22)10-20-17(23)8-7-14-5-3-2-4-6-14/h9,11-12,14H,2-8,10H2,1H3,(H,20,23). The third kappa shape index (κ3) is 4.34. The van der Waals surface area contributed by atoms with Crippen LogP contribution < -0.4 is 5.32 Å². The number of halogens is 1. The Morgan fingerprint density at radius 3 is 2.91 bits per heavy atom. The number of rotatable bonds is 5. The lowest BCUT2D eigenvalue weighted by Gasteiger charge is -2.20. The molecule has 0 aliphatic heterocycles. The van der Waals surface area contributed by atoms with E-state index in [0.717, 1.165) is 33.7 Å². The molecule has 1 amide bonds. The van der Waals surface area contributed by atoms with E-state index in [-0.39, 0.29) is 5.91 Å². The summed E-state index contributed by atoms with van der Waals surface area (Å²) in [5.41, 5.74) is 2.96. The number of carbonyl (C=O) groups excluding carboxylic acids is 1. The maximum atomic E-state index is 12.0. The zero-order valence-corrected chi connectivity index (χ0v) is 15.2. The Morgan fingerprint density at radius 1 is 1.35 bits per heavy atom. The van der Waals surface area contributed by atoms with Crippen LogP contribution in [0.3, 0.4) is 0 Å². The maximum Gasteiger partial charge on any atom is 0.220 e. The van der Waals surface area contributed by atoms with Crippen LogP contribution in [0.15, 0.2) is 22.9 Å².